The van der Waals surface area contributed by atoms with Crippen LogP contribution in [-0.2, 0) is 27.8 Å². The summed E-state index contributed by atoms with van der Waals surface area (Å²) >= 11 is 15.4. The number of hydrogen-bond acceptors (Lipinski definition) is 3. The van der Waals surface area contributed by atoms with Crippen LogP contribution >= 0.6 is 39.1 Å². The molecular weight excluding hydrogens is 535 g/mol. The Labute approximate surface area is 206 Å². The molecule has 0 atom stereocenters. The highest BCUT2D eigenvalue weighted by atomic mass is 79.9. The van der Waals surface area contributed by atoms with Crippen molar-refractivity contribution in [3.8, 4) is 0 Å². The second-order valence-corrected chi connectivity index (χ2v) is 10.7. The zero-order chi connectivity index (χ0) is 23.1. The number of halogens is 3. The normalized spacial score (nSPS) is 11.5. The first-order valence-corrected chi connectivity index (χ1v) is 12.7. The molecule has 168 valence electrons. The smallest absolute Gasteiger partial charge is 0.243 e. The number of nitrogens with one attached hydrogen (secondary N) is 1. The zero-order valence-corrected chi connectivity index (χ0v) is 20.9. The van der Waals surface area contributed by atoms with E-state index >= 15 is 0 Å². The van der Waals surface area contributed by atoms with Crippen LogP contribution < -0.4 is 5.32 Å². The average Bonchev–Trinajstić information content (AvgIpc) is 2.77. The molecule has 0 radical (unpaired) electrons. The topological polar surface area (TPSA) is 66.5 Å². The number of nitrogens with zero attached hydrogens (tertiary/aromatic N) is 1. The van der Waals surface area contributed by atoms with Crippen molar-refractivity contribution >= 4 is 55.1 Å². The largest absolute Gasteiger partial charge is 0.355 e. The molecule has 32 heavy (non-hydrogen) atoms. The predicted octanol–water partition coefficient (Wildman–Crippen LogP) is 5.31. The molecule has 0 saturated heterocycles. The maximum atomic E-state index is 13.3. The second kappa shape index (κ2) is 11.3. The number of hydrogen-bond donors (Lipinski definition) is 1. The van der Waals surface area contributed by atoms with Crippen LogP contribution in [0, 0.1) is 0 Å². The maximum absolute atomic E-state index is 13.3. The fourth-order valence-electron chi connectivity index (χ4n) is 3.03. The van der Waals surface area contributed by atoms with Crippen LogP contribution in [0.2, 0.25) is 10.0 Å². The molecule has 3 aromatic carbocycles. The Hall–Kier alpha value is -1.90. The Balaban J connectivity index is 1.76. The van der Waals surface area contributed by atoms with Crippen LogP contribution in [0.1, 0.15) is 11.1 Å². The van der Waals surface area contributed by atoms with E-state index in [9.17, 15) is 13.2 Å². The van der Waals surface area contributed by atoms with E-state index in [4.69, 9.17) is 23.2 Å². The van der Waals surface area contributed by atoms with E-state index < -0.39 is 10.0 Å². The number of benzene rings is 3. The minimum absolute atomic E-state index is 0.0264. The van der Waals surface area contributed by atoms with Gasteiger partial charge in [0.25, 0.3) is 0 Å². The lowest BCUT2D eigenvalue weighted by molar-refractivity contribution is -0.121. The first-order chi connectivity index (χ1) is 15.3. The molecule has 0 fully saturated rings. The Morgan fingerprint density at radius 3 is 2.25 bits per heavy atom. The van der Waals surface area contributed by atoms with E-state index in [2.05, 4.69) is 21.2 Å². The van der Waals surface area contributed by atoms with Crippen molar-refractivity contribution in [3.05, 3.63) is 98.4 Å². The van der Waals surface area contributed by atoms with Gasteiger partial charge < -0.3 is 5.32 Å². The van der Waals surface area contributed by atoms with Crippen molar-refractivity contribution in [1.82, 2.24) is 9.62 Å². The summed E-state index contributed by atoms with van der Waals surface area (Å²) in [5.41, 5.74) is 1.71. The van der Waals surface area contributed by atoms with Gasteiger partial charge in [-0.1, -0.05) is 75.5 Å². The predicted molar refractivity (Wildman–Crippen MR) is 131 cm³/mol. The van der Waals surface area contributed by atoms with E-state index in [0.29, 0.717) is 28.6 Å². The lowest BCUT2D eigenvalue weighted by atomic mass is 10.1. The van der Waals surface area contributed by atoms with Crippen molar-refractivity contribution in [3.63, 3.8) is 0 Å². The molecular formula is C23H21BrCl2N2O3S. The highest BCUT2D eigenvalue weighted by molar-refractivity contribution is 9.10. The third-order valence-electron chi connectivity index (χ3n) is 4.69. The van der Waals surface area contributed by atoms with Crippen LogP contribution in [0.15, 0.2) is 82.2 Å². The summed E-state index contributed by atoms with van der Waals surface area (Å²) in [5.74, 6) is -0.387. The van der Waals surface area contributed by atoms with E-state index in [1.165, 1.54) is 12.1 Å². The molecule has 1 N–H and O–H groups in total. The van der Waals surface area contributed by atoms with Gasteiger partial charge in [-0.3, -0.25) is 4.79 Å². The molecule has 0 bridgehead atoms. The SMILES string of the molecule is O=C(CN(Cc1ccc(Cl)c(Cl)c1)S(=O)(=O)c1ccc(Br)cc1)NCCc1ccccc1. The molecule has 0 unspecified atom stereocenters. The first-order valence-electron chi connectivity index (χ1n) is 9.76. The van der Waals surface area contributed by atoms with Gasteiger partial charge in [-0.25, -0.2) is 8.42 Å². The minimum atomic E-state index is -3.94. The van der Waals surface area contributed by atoms with Gasteiger partial charge >= 0.3 is 0 Å². The number of amides is 1. The van der Waals surface area contributed by atoms with E-state index in [1.54, 1.807) is 30.3 Å². The summed E-state index contributed by atoms with van der Waals surface area (Å²) in [6, 6.07) is 20.9. The van der Waals surface area contributed by atoms with Crippen LogP contribution in [-0.4, -0.2) is 31.7 Å². The van der Waals surface area contributed by atoms with Gasteiger partial charge in [-0.2, -0.15) is 4.31 Å². The first kappa shape index (κ1) is 24.7. The number of carbonyl (C=O) groups is 1. The molecule has 3 aromatic rings. The van der Waals surface area contributed by atoms with Crippen LogP contribution in [0.5, 0.6) is 0 Å². The fraction of sp³-hybridized carbons (Fsp3) is 0.174. The molecule has 0 aliphatic carbocycles. The molecule has 0 spiro atoms. The standard InChI is InChI=1S/C23H21BrCl2N2O3S/c24-19-7-9-20(10-8-19)32(30,31)28(15-18-6-11-21(25)22(26)14-18)16-23(29)27-13-12-17-4-2-1-3-5-17/h1-11,14H,12-13,15-16H2,(H,27,29). The van der Waals surface area contributed by atoms with Gasteiger partial charge in [0.2, 0.25) is 15.9 Å². The molecule has 5 nitrogen and oxygen atoms in total. The van der Waals surface area contributed by atoms with E-state index in [1.807, 2.05) is 30.3 Å². The number of carbonyl (C=O) groups excluding carboxylic acids is 1. The molecule has 9 heteroatoms. The van der Waals surface area contributed by atoms with Crippen LogP contribution in [0.4, 0.5) is 0 Å². The Morgan fingerprint density at radius 1 is 0.906 bits per heavy atom. The highest BCUT2D eigenvalue weighted by Gasteiger charge is 2.27. The molecule has 0 aliphatic rings. The Morgan fingerprint density at radius 2 is 1.59 bits per heavy atom. The zero-order valence-electron chi connectivity index (χ0n) is 17.0. The average molecular weight is 556 g/mol. The summed E-state index contributed by atoms with van der Waals surface area (Å²) in [6.45, 7) is 0.0522. The molecule has 1 amide bonds. The maximum Gasteiger partial charge on any atom is 0.243 e. The van der Waals surface area contributed by atoms with Crippen molar-refractivity contribution in [2.75, 3.05) is 13.1 Å². The summed E-state index contributed by atoms with van der Waals surface area (Å²) < 4.78 is 28.5. The fourth-order valence-corrected chi connectivity index (χ4v) is 5.00. The lowest BCUT2D eigenvalue weighted by Crippen LogP contribution is -2.40. The van der Waals surface area contributed by atoms with Gasteiger partial charge in [0, 0.05) is 17.6 Å². The molecule has 3 rings (SSSR count). The Bertz CT molecular complexity index is 1170. The number of rotatable bonds is 9. The highest BCUT2D eigenvalue weighted by Crippen LogP contribution is 2.25. The molecule has 0 aromatic heterocycles. The van der Waals surface area contributed by atoms with Gasteiger partial charge in [0.15, 0.2) is 0 Å². The summed E-state index contributed by atoms with van der Waals surface area (Å²) in [4.78, 5) is 12.7. The van der Waals surface area contributed by atoms with Gasteiger partial charge in [-0.05, 0) is 53.9 Å². The van der Waals surface area contributed by atoms with E-state index in [-0.39, 0.29) is 23.9 Å². The van der Waals surface area contributed by atoms with Crippen LogP contribution in [0.25, 0.3) is 0 Å². The summed E-state index contributed by atoms with van der Waals surface area (Å²) in [6.07, 6.45) is 0.652. The van der Waals surface area contributed by atoms with Gasteiger partial charge in [-0.15, -0.1) is 0 Å². The monoisotopic (exact) mass is 554 g/mol. The summed E-state index contributed by atoms with van der Waals surface area (Å²) in [7, 11) is -3.94. The van der Waals surface area contributed by atoms with Gasteiger partial charge in [0.05, 0.1) is 21.5 Å². The molecule has 0 heterocycles. The minimum Gasteiger partial charge on any atom is -0.355 e. The Kier molecular flexibility index (Phi) is 8.73. The van der Waals surface area contributed by atoms with Crippen molar-refractivity contribution in [2.45, 2.75) is 17.9 Å². The number of sulfonamides is 1. The van der Waals surface area contributed by atoms with Crippen LogP contribution in [0.3, 0.4) is 0 Å². The van der Waals surface area contributed by atoms with E-state index in [0.717, 1.165) is 14.3 Å². The molecule has 0 aliphatic heterocycles. The third-order valence-corrected chi connectivity index (χ3v) is 7.77. The lowest BCUT2D eigenvalue weighted by Gasteiger charge is -2.22. The van der Waals surface area contributed by atoms with Crippen molar-refractivity contribution in [2.24, 2.45) is 0 Å². The van der Waals surface area contributed by atoms with Crippen molar-refractivity contribution in [1.29, 1.82) is 0 Å². The molecule has 0 saturated carbocycles. The van der Waals surface area contributed by atoms with Crippen molar-refractivity contribution < 1.29 is 13.2 Å². The van der Waals surface area contributed by atoms with Gasteiger partial charge in [0.1, 0.15) is 0 Å². The second-order valence-electron chi connectivity index (χ2n) is 7.06. The summed E-state index contributed by atoms with van der Waals surface area (Å²) in [5, 5.41) is 3.49. The third kappa shape index (κ3) is 6.80. The quantitative estimate of drug-likeness (QED) is 0.389.